The zero-order valence-electron chi connectivity index (χ0n) is 10.2. The van der Waals surface area contributed by atoms with Gasteiger partial charge in [-0.25, -0.2) is 0 Å². The van der Waals surface area contributed by atoms with Crippen LogP contribution in [0.1, 0.15) is 16.8 Å². The third-order valence-corrected chi connectivity index (χ3v) is 3.81. The molecule has 1 aliphatic heterocycles. The van der Waals surface area contributed by atoms with Crippen LogP contribution in [0.15, 0.2) is 34.9 Å². The third kappa shape index (κ3) is 2.35. The Bertz CT molecular complexity index is 644. The van der Waals surface area contributed by atoms with Crippen LogP contribution in [-0.4, -0.2) is 40.1 Å². The fourth-order valence-corrected chi connectivity index (χ4v) is 2.74. The minimum absolute atomic E-state index is 0.0398. The summed E-state index contributed by atoms with van der Waals surface area (Å²) in [6, 6.07) is 7.44. The Morgan fingerprint density at radius 2 is 2.32 bits per heavy atom. The van der Waals surface area contributed by atoms with Crippen LogP contribution >= 0.6 is 15.9 Å². The zero-order chi connectivity index (χ0) is 13.4. The summed E-state index contributed by atoms with van der Waals surface area (Å²) in [5, 5.41) is 10.4. The van der Waals surface area contributed by atoms with Gasteiger partial charge in [-0.15, -0.1) is 0 Å². The molecule has 0 aliphatic carbocycles. The summed E-state index contributed by atoms with van der Waals surface area (Å²) in [6.07, 6.45) is 1.97. The zero-order valence-corrected chi connectivity index (χ0v) is 11.8. The Morgan fingerprint density at radius 3 is 3.05 bits per heavy atom. The number of benzene rings is 1. The van der Waals surface area contributed by atoms with Gasteiger partial charge in [0.2, 0.25) is 0 Å². The van der Waals surface area contributed by atoms with Gasteiger partial charge in [0.1, 0.15) is 0 Å². The van der Waals surface area contributed by atoms with Crippen molar-refractivity contribution >= 4 is 32.7 Å². The second kappa shape index (κ2) is 4.90. The summed E-state index contributed by atoms with van der Waals surface area (Å²) in [5.41, 5.74) is 1.44. The van der Waals surface area contributed by atoms with Crippen LogP contribution in [0, 0.1) is 0 Å². The first-order valence-corrected chi connectivity index (χ1v) is 6.96. The van der Waals surface area contributed by atoms with Crippen molar-refractivity contribution in [3.63, 3.8) is 0 Å². The van der Waals surface area contributed by atoms with E-state index in [2.05, 4.69) is 20.9 Å². The molecule has 98 valence electrons. The highest BCUT2D eigenvalue weighted by molar-refractivity contribution is 9.10. The molecule has 2 heterocycles. The summed E-state index contributed by atoms with van der Waals surface area (Å²) in [6.45, 7) is 1.02. The molecule has 1 aromatic heterocycles. The van der Waals surface area contributed by atoms with Gasteiger partial charge in [0.25, 0.3) is 5.91 Å². The summed E-state index contributed by atoms with van der Waals surface area (Å²) in [7, 11) is 0. The number of fused-ring (bicyclic) bond motifs is 1. The number of aliphatic hydroxyl groups excluding tert-OH is 1. The number of hydrogen-bond acceptors (Lipinski definition) is 3. The minimum Gasteiger partial charge on any atom is -0.391 e. The minimum atomic E-state index is -0.399. The number of aromatic nitrogens is 1. The lowest BCUT2D eigenvalue weighted by molar-refractivity contribution is 0.0767. The number of β-amino-alcohol motifs (C(OH)–C–C–N with tert-alkyl or cyclic N) is 1. The Morgan fingerprint density at radius 1 is 1.47 bits per heavy atom. The van der Waals surface area contributed by atoms with Crippen molar-refractivity contribution in [2.45, 2.75) is 12.5 Å². The van der Waals surface area contributed by atoms with E-state index in [0.29, 0.717) is 25.1 Å². The molecule has 1 aromatic carbocycles. The van der Waals surface area contributed by atoms with Crippen LogP contribution in [0.25, 0.3) is 10.9 Å². The molecule has 1 amide bonds. The van der Waals surface area contributed by atoms with Crippen molar-refractivity contribution in [3.05, 3.63) is 40.5 Å². The molecule has 1 saturated heterocycles. The van der Waals surface area contributed by atoms with Crippen LogP contribution in [0.4, 0.5) is 0 Å². The van der Waals surface area contributed by atoms with Gasteiger partial charge >= 0.3 is 0 Å². The molecule has 2 aromatic rings. The molecule has 1 atom stereocenters. The van der Waals surface area contributed by atoms with E-state index in [4.69, 9.17) is 0 Å². The standard InChI is InChI=1S/C14H13BrN2O2/c15-9-6-12-11(2-1-3-13(12)16-7-9)14(19)17-5-4-10(18)8-17/h1-3,6-7,10,18H,4-5,8H2. The highest BCUT2D eigenvalue weighted by atomic mass is 79.9. The van der Waals surface area contributed by atoms with Crippen LogP contribution in [0.2, 0.25) is 0 Å². The first kappa shape index (κ1) is 12.6. The van der Waals surface area contributed by atoms with Crippen molar-refractivity contribution in [3.8, 4) is 0 Å². The van der Waals surface area contributed by atoms with Crippen LogP contribution in [0.3, 0.4) is 0 Å². The normalized spacial score (nSPS) is 19.1. The molecule has 4 nitrogen and oxygen atoms in total. The Hall–Kier alpha value is -1.46. The van der Waals surface area contributed by atoms with Crippen molar-refractivity contribution in [2.24, 2.45) is 0 Å². The van der Waals surface area contributed by atoms with E-state index in [0.717, 1.165) is 15.4 Å². The van der Waals surface area contributed by atoms with E-state index < -0.39 is 6.10 Å². The highest BCUT2D eigenvalue weighted by Gasteiger charge is 2.26. The number of aliphatic hydroxyl groups is 1. The number of likely N-dealkylation sites (tertiary alicyclic amines) is 1. The summed E-state index contributed by atoms with van der Waals surface area (Å²) >= 11 is 3.38. The van der Waals surface area contributed by atoms with Gasteiger partial charge in [0.15, 0.2) is 0 Å². The van der Waals surface area contributed by atoms with E-state index in [1.165, 1.54) is 0 Å². The van der Waals surface area contributed by atoms with Crippen molar-refractivity contribution in [1.82, 2.24) is 9.88 Å². The quantitative estimate of drug-likeness (QED) is 0.876. The first-order valence-electron chi connectivity index (χ1n) is 6.17. The molecule has 0 spiro atoms. The Kier molecular flexibility index (Phi) is 3.24. The van der Waals surface area contributed by atoms with E-state index in [-0.39, 0.29) is 5.91 Å². The summed E-state index contributed by atoms with van der Waals surface area (Å²) in [4.78, 5) is 18.5. The van der Waals surface area contributed by atoms with E-state index in [9.17, 15) is 9.90 Å². The molecule has 1 unspecified atom stereocenters. The second-order valence-electron chi connectivity index (χ2n) is 4.72. The number of carbonyl (C=O) groups excluding carboxylic acids is 1. The van der Waals surface area contributed by atoms with Gasteiger partial charge in [-0.05, 0) is 40.5 Å². The van der Waals surface area contributed by atoms with Gasteiger partial charge in [0, 0.05) is 34.7 Å². The Balaban J connectivity index is 2.04. The van der Waals surface area contributed by atoms with Crippen LogP contribution < -0.4 is 0 Å². The lowest BCUT2D eigenvalue weighted by atomic mass is 10.1. The third-order valence-electron chi connectivity index (χ3n) is 3.37. The summed E-state index contributed by atoms with van der Waals surface area (Å²) in [5.74, 6) is -0.0398. The summed E-state index contributed by atoms with van der Waals surface area (Å²) < 4.78 is 0.849. The maximum atomic E-state index is 12.5. The van der Waals surface area contributed by atoms with Gasteiger partial charge in [-0.2, -0.15) is 0 Å². The molecule has 1 N–H and O–H groups in total. The molecular formula is C14H13BrN2O2. The first-order chi connectivity index (χ1) is 9.15. The van der Waals surface area contributed by atoms with Crippen LogP contribution in [-0.2, 0) is 0 Å². The van der Waals surface area contributed by atoms with Crippen molar-refractivity contribution in [2.75, 3.05) is 13.1 Å². The van der Waals surface area contributed by atoms with Crippen molar-refractivity contribution in [1.29, 1.82) is 0 Å². The predicted octanol–water partition coefficient (Wildman–Crippen LogP) is 2.20. The molecule has 0 saturated carbocycles. The molecule has 1 aliphatic rings. The largest absolute Gasteiger partial charge is 0.391 e. The molecule has 19 heavy (non-hydrogen) atoms. The monoisotopic (exact) mass is 320 g/mol. The molecule has 0 radical (unpaired) electrons. The maximum absolute atomic E-state index is 12.5. The highest BCUT2D eigenvalue weighted by Crippen LogP contribution is 2.23. The van der Waals surface area contributed by atoms with Gasteiger partial charge in [-0.1, -0.05) is 6.07 Å². The topological polar surface area (TPSA) is 53.4 Å². The lowest BCUT2D eigenvalue weighted by Gasteiger charge is -2.16. The smallest absolute Gasteiger partial charge is 0.254 e. The van der Waals surface area contributed by atoms with Gasteiger partial charge in [-0.3, -0.25) is 9.78 Å². The number of amides is 1. The van der Waals surface area contributed by atoms with Crippen LogP contribution in [0.5, 0.6) is 0 Å². The SMILES string of the molecule is O=C(c1cccc2ncc(Br)cc12)N1CCC(O)C1. The number of halogens is 1. The lowest BCUT2D eigenvalue weighted by Crippen LogP contribution is -2.29. The number of hydrogen-bond donors (Lipinski definition) is 1. The van der Waals surface area contributed by atoms with Gasteiger partial charge in [0.05, 0.1) is 11.6 Å². The number of pyridine rings is 1. The van der Waals surface area contributed by atoms with E-state index in [1.807, 2.05) is 24.3 Å². The van der Waals surface area contributed by atoms with E-state index >= 15 is 0 Å². The Labute approximate surface area is 119 Å². The second-order valence-corrected chi connectivity index (χ2v) is 5.64. The molecule has 0 bridgehead atoms. The average molecular weight is 321 g/mol. The molecule has 1 fully saturated rings. The molecule has 5 heteroatoms. The number of nitrogens with zero attached hydrogens (tertiary/aromatic N) is 2. The molecular weight excluding hydrogens is 308 g/mol. The maximum Gasteiger partial charge on any atom is 0.254 e. The predicted molar refractivity (Wildman–Crippen MR) is 76.0 cm³/mol. The van der Waals surface area contributed by atoms with Gasteiger partial charge < -0.3 is 10.0 Å². The number of rotatable bonds is 1. The fraction of sp³-hybridized carbons (Fsp3) is 0.286. The fourth-order valence-electron chi connectivity index (χ4n) is 2.41. The number of carbonyl (C=O) groups is 1. The van der Waals surface area contributed by atoms with E-state index in [1.54, 1.807) is 11.1 Å². The average Bonchev–Trinajstić information content (AvgIpc) is 2.84. The molecule has 3 rings (SSSR count). The van der Waals surface area contributed by atoms with Crippen molar-refractivity contribution < 1.29 is 9.90 Å².